The van der Waals surface area contributed by atoms with Crippen molar-refractivity contribution < 1.29 is 9.90 Å². The SMILES string of the molecule is Cc1[nH]c2ccccc2c1[C@@H](C(=O)O)N1CCSCC1. The van der Waals surface area contributed by atoms with Crippen LogP contribution < -0.4 is 0 Å². The van der Waals surface area contributed by atoms with Gasteiger partial charge in [0.25, 0.3) is 0 Å². The van der Waals surface area contributed by atoms with Crippen LogP contribution in [0.5, 0.6) is 0 Å². The summed E-state index contributed by atoms with van der Waals surface area (Å²) in [4.78, 5) is 17.2. The fourth-order valence-corrected chi connectivity index (χ4v) is 3.88. The van der Waals surface area contributed by atoms with Gasteiger partial charge in [-0.15, -0.1) is 0 Å². The average molecular weight is 290 g/mol. The first-order chi connectivity index (χ1) is 9.68. The lowest BCUT2D eigenvalue weighted by Crippen LogP contribution is -2.40. The number of aliphatic carboxylic acids is 1. The molecule has 1 aliphatic rings. The Morgan fingerprint density at radius 1 is 1.35 bits per heavy atom. The Bertz CT molecular complexity index is 632. The van der Waals surface area contributed by atoms with Crippen LogP contribution in [0.15, 0.2) is 24.3 Å². The fraction of sp³-hybridized carbons (Fsp3) is 0.400. The van der Waals surface area contributed by atoms with Gasteiger partial charge in [-0.1, -0.05) is 18.2 Å². The fourth-order valence-electron chi connectivity index (χ4n) is 2.95. The van der Waals surface area contributed by atoms with Crippen LogP contribution in [0.25, 0.3) is 10.9 Å². The molecule has 20 heavy (non-hydrogen) atoms. The van der Waals surface area contributed by atoms with Crippen molar-refractivity contribution in [3.8, 4) is 0 Å². The molecule has 1 aromatic carbocycles. The number of benzene rings is 1. The summed E-state index contributed by atoms with van der Waals surface area (Å²) in [5.74, 6) is 1.25. The van der Waals surface area contributed by atoms with Crippen LogP contribution >= 0.6 is 11.8 Å². The molecule has 0 aliphatic carbocycles. The largest absolute Gasteiger partial charge is 0.480 e. The third-order valence-electron chi connectivity index (χ3n) is 3.86. The summed E-state index contributed by atoms with van der Waals surface area (Å²) in [5.41, 5.74) is 2.88. The molecule has 0 bridgehead atoms. The molecule has 1 aliphatic heterocycles. The number of aromatic nitrogens is 1. The summed E-state index contributed by atoms with van der Waals surface area (Å²) < 4.78 is 0. The van der Waals surface area contributed by atoms with Gasteiger partial charge in [0, 0.05) is 46.8 Å². The summed E-state index contributed by atoms with van der Waals surface area (Å²) in [6, 6.07) is 7.38. The number of hydrogen-bond donors (Lipinski definition) is 2. The van der Waals surface area contributed by atoms with Gasteiger partial charge < -0.3 is 10.1 Å². The molecule has 1 aromatic heterocycles. The van der Waals surface area contributed by atoms with Crippen molar-refractivity contribution in [2.45, 2.75) is 13.0 Å². The van der Waals surface area contributed by atoms with Gasteiger partial charge in [0.1, 0.15) is 6.04 Å². The molecule has 3 rings (SSSR count). The first-order valence-corrected chi connectivity index (χ1v) is 7.96. The van der Waals surface area contributed by atoms with E-state index in [0.717, 1.165) is 46.8 Å². The van der Waals surface area contributed by atoms with Gasteiger partial charge in [-0.2, -0.15) is 11.8 Å². The highest BCUT2D eigenvalue weighted by Crippen LogP contribution is 2.32. The first kappa shape index (κ1) is 13.5. The molecule has 106 valence electrons. The molecular formula is C15H18N2O2S. The number of carbonyl (C=O) groups is 1. The molecule has 4 nitrogen and oxygen atoms in total. The summed E-state index contributed by atoms with van der Waals surface area (Å²) in [6.07, 6.45) is 0. The maximum atomic E-state index is 11.8. The van der Waals surface area contributed by atoms with E-state index in [4.69, 9.17) is 0 Å². The molecule has 2 heterocycles. The summed E-state index contributed by atoms with van der Waals surface area (Å²) >= 11 is 1.89. The highest BCUT2D eigenvalue weighted by molar-refractivity contribution is 7.99. The van der Waals surface area contributed by atoms with E-state index in [9.17, 15) is 9.90 Å². The predicted octanol–water partition coefficient (Wildman–Crippen LogP) is 2.65. The van der Waals surface area contributed by atoms with E-state index in [2.05, 4.69) is 9.88 Å². The number of aryl methyl sites for hydroxylation is 1. The minimum absolute atomic E-state index is 0.549. The standard InChI is InChI=1S/C15H18N2O2S/c1-10-13(11-4-2-3-5-12(11)16-10)14(15(18)19)17-6-8-20-9-7-17/h2-5,14,16H,6-9H2,1H3,(H,18,19)/t14-/m0/s1. The van der Waals surface area contributed by atoms with Crippen molar-refractivity contribution in [2.75, 3.05) is 24.6 Å². The minimum atomic E-state index is -0.759. The average Bonchev–Trinajstić information content (AvgIpc) is 2.77. The van der Waals surface area contributed by atoms with Gasteiger partial charge in [-0.05, 0) is 13.0 Å². The summed E-state index contributed by atoms with van der Waals surface area (Å²) in [7, 11) is 0. The number of carboxylic acids is 1. The Labute approximate surface area is 122 Å². The van der Waals surface area contributed by atoms with E-state index in [1.165, 1.54) is 0 Å². The van der Waals surface area contributed by atoms with E-state index < -0.39 is 12.0 Å². The zero-order valence-electron chi connectivity index (χ0n) is 11.4. The van der Waals surface area contributed by atoms with Crippen LogP contribution in [0.4, 0.5) is 0 Å². The molecular weight excluding hydrogens is 272 g/mol. The van der Waals surface area contributed by atoms with E-state index in [1.807, 2.05) is 43.0 Å². The number of carboxylic acid groups (broad SMARTS) is 1. The molecule has 0 unspecified atom stereocenters. The zero-order valence-corrected chi connectivity index (χ0v) is 12.2. The van der Waals surface area contributed by atoms with Gasteiger partial charge in [-0.25, -0.2) is 0 Å². The van der Waals surface area contributed by atoms with Gasteiger partial charge in [0.2, 0.25) is 0 Å². The van der Waals surface area contributed by atoms with Crippen LogP contribution in [-0.2, 0) is 4.79 Å². The summed E-state index contributed by atoms with van der Waals surface area (Å²) in [5, 5.41) is 10.7. The molecule has 1 atom stereocenters. The number of H-pyrrole nitrogens is 1. The maximum absolute atomic E-state index is 11.8. The molecule has 0 spiro atoms. The Hall–Kier alpha value is -1.46. The monoisotopic (exact) mass is 290 g/mol. The number of hydrogen-bond acceptors (Lipinski definition) is 3. The second-order valence-corrected chi connectivity index (χ2v) is 6.32. The Morgan fingerprint density at radius 3 is 2.75 bits per heavy atom. The predicted molar refractivity (Wildman–Crippen MR) is 82.3 cm³/mol. The number of aromatic amines is 1. The molecule has 0 amide bonds. The second-order valence-electron chi connectivity index (χ2n) is 5.10. The van der Waals surface area contributed by atoms with Crippen molar-refractivity contribution in [2.24, 2.45) is 0 Å². The number of thioether (sulfide) groups is 1. The molecule has 2 N–H and O–H groups in total. The molecule has 1 fully saturated rings. The Kier molecular flexibility index (Phi) is 3.72. The van der Waals surface area contributed by atoms with Crippen LogP contribution in [0.2, 0.25) is 0 Å². The lowest BCUT2D eigenvalue weighted by atomic mass is 10.0. The highest BCUT2D eigenvalue weighted by atomic mass is 32.2. The second kappa shape index (κ2) is 5.50. The van der Waals surface area contributed by atoms with Crippen LogP contribution in [0, 0.1) is 6.92 Å². The topological polar surface area (TPSA) is 56.3 Å². The van der Waals surface area contributed by atoms with E-state index in [-0.39, 0.29) is 0 Å². The number of nitrogens with one attached hydrogen (secondary N) is 1. The highest BCUT2D eigenvalue weighted by Gasteiger charge is 2.32. The van der Waals surface area contributed by atoms with Gasteiger partial charge in [-0.3, -0.25) is 9.69 Å². The Morgan fingerprint density at radius 2 is 2.05 bits per heavy atom. The number of fused-ring (bicyclic) bond motifs is 1. The van der Waals surface area contributed by atoms with Gasteiger partial charge in [0.05, 0.1) is 0 Å². The van der Waals surface area contributed by atoms with Gasteiger partial charge in [0.15, 0.2) is 0 Å². The molecule has 0 radical (unpaired) electrons. The summed E-state index contributed by atoms with van der Waals surface area (Å²) in [6.45, 7) is 3.63. The van der Waals surface area contributed by atoms with Crippen molar-refractivity contribution in [1.29, 1.82) is 0 Å². The molecule has 5 heteroatoms. The number of para-hydroxylation sites is 1. The molecule has 2 aromatic rings. The number of rotatable bonds is 3. The third kappa shape index (κ3) is 2.31. The Balaban J connectivity index is 2.09. The van der Waals surface area contributed by atoms with Crippen LogP contribution in [0.3, 0.4) is 0 Å². The van der Waals surface area contributed by atoms with Crippen molar-refractivity contribution >= 4 is 28.6 Å². The third-order valence-corrected chi connectivity index (χ3v) is 4.80. The van der Waals surface area contributed by atoms with E-state index >= 15 is 0 Å². The lowest BCUT2D eigenvalue weighted by molar-refractivity contribution is -0.143. The minimum Gasteiger partial charge on any atom is -0.480 e. The quantitative estimate of drug-likeness (QED) is 0.912. The normalized spacial score (nSPS) is 18.2. The first-order valence-electron chi connectivity index (χ1n) is 6.80. The van der Waals surface area contributed by atoms with Crippen molar-refractivity contribution in [3.63, 3.8) is 0 Å². The van der Waals surface area contributed by atoms with Crippen molar-refractivity contribution in [1.82, 2.24) is 9.88 Å². The van der Waals surface area contributed by atoms with E-state index in [0.29, 0.717) is 0 Å². The van der Waals surface area contributed by atoms with Crippen LogP contribution in [0.1, 0.15) is 17.3 Å². The van der Waals surface area contributed by atoms with E-state index in [1.54, 1.807) is 0 Å². The zero-order chi connectivity index (χ0) is 14.1. The van der Waals surface area contributed by atoms with Crippen molar-refractivity contribution in [3.05, 3.63) is 35.5 Å². The lowest BCUT2D eigenvalue weighted by Gasteiger charge is -2.32. The smallest absolute Gasteiger partial charge is 0.325 e. The number of nitrogens with zero attached hydrogens (tertiary/aromatic N) is 1. The maximum Gasteiger partial charge on any atom is 0.325 e. The molecule has 1 saturated heterocycles. The van der Waals surface area contributed by atoms with Gasteiger partial charge >= 0.3 is 5.97 Å². The van der Waals surface area contributed by atoms with Crippen LogP contribution in [-0.4, -0.2) is 45.6 Å². The molecule has 0 saturated carbocycles.